The summed E-state index contributed by atoms with van der Waals surface area (Å²) in [7, 11) is -2.07. The van der Waals surface area contributed by atoms with Gasteiger partial charge in [-0.05, 0) is 23.6 Å². The highest BCUT2D eigenvalue weighted by Gasteiger charge is 2.34. The monoisotopic (exact) mass is 347 g/mol. The van der Waals surface area contributed by atoms with Crippen LogP contribution in [0.25, 0.3) is 0 Å². The summed E-state index contributed by atoms with van der Waals surface area (Å²) in [4.78, 5) is 0.217. The molecule has 0 bridgehead atoms. The summed E-state index contributed by atoms with van der Waals surface area (Å²) in [6.45, 7) is 1.96. The van der Waals surface area contributed by atoms with Crippen molar-refractivity contribution in [3.8, 4) is 11.5 Å². The number of nitrogens with one attached hydrogen (secondary N) is 1. The second-order valence-corrected chi connectivity index (χ2v) is 7.96. The SMILES string of the molecule is CC[C@H]1CS(=O)(=O)c2cc(OC)c(O)cc2[C@@H](c2ccccc2)N1. The first-order valence-corrected chi connectivity index (χ1v) is 9.56. The normalized spacial score (nSPS) is 22.4. The Labute approximate surface area is 142 Å². The molecular weight excluding hydrogens is 326 g/mol. The number of phenolic OH excluding ortho intramolecular Hbond substituents is 1. The number of benzene rings is 2. The zero-order valence-corrected chi connectivity index (χ0v) is 14.5. The van der Waals surface area contributed by atoms with Gasteiger partial charge in [0.15, 0.2) is 21.3 Å². The van der Waals surface area contributed by atoms with Crippen molar-refractivity contribution in [2.24, 2.45) is 0 Å². The highest BCUT2D eigenvalue weighted by molar-refractivity contribution is 7.91. The third kappa shape index (κ3) is 2.99. The molecule has 1 heterocycles. The van der Waals surface area contributed by atoms with E-state index in [0.717, 1.165) is 5.56 Å². The number of sulfone groups is 1. The van der Waals surface area contributed by atoms with Gasteiger partial charge < -0.3 is 15.2 Å². The van der Waals surface area contributed by atoms with Crippen LogP contribution in [0.1, 0.15) is 30.5 Å². The van der Waals surface area contributed by atoms with E-state index in [9.17, 15) is 13.5 Å². The molecule has 24 heavy (non-hydrogen) atoms. The zero-order chi connectivity index (χ0) is 17.3. The minimum Gasteiger partial charge on any atom is -0.504 e. The largest absolute Gasteiger partial charge is 0.504 e. The number of fused-ring (bicyclic) bond motifs is 1. The number of methoxy groups -OCH3 is 1. The van der Waals surface area contributed by atoms with Crippen molar-refractivity contribution >= 4 is 9.84 Å². The quantitative estimate of drug-likeness (QED) is 0.893. The smallest absolute Gasteiger partial charge is 0.180 e. The standard InChI is InChI=1S/C18H21NO4S/c1-3-13-11-24(21,22)17-10-16(23-2)15(20)9-14(17)18(19-13)12-7-5-4-6-8-12/h4-10,13,18-20H,3,11H2,1-2H3/t13-,18+/m0/s1. The minimum absolute atomic E-state index is 0.0216. The van der Waals surface area contributed by atoms with Crippen molar-refractivity contribution in [1.29, 1.82) is 0 Å². The van der Waals surface area contributed by atoms with Crippen LogP contribution >= 0.6 is 0 Å². The van der Waals surface area contributed by atoms with Crippen LogP contribution in [0.4, 0.5) is 0 Å². The molecule has 0 spiro atoms. The van der Waals surface area contributed by atoms with E-state index in [4.69, 9.17) is 4.74 Å². The molecule has 0 unspecified atom stereocenters. The van der Waals surface area contributed by atoms with Crippen molar-refractivity contribution in [3.63, 3.8) is 0 Å². The molecule has 0 radical (unpaired) electrons. The van der Waals surface area contributed by atoms with Gasteiger partial charge in [0.2, 0.25) is 0 Å². The maximum absolute atomic E-state index is 12.8. The molecule has 0 fully saturated rings. The Morgan fingerprint density at radius 2 is 1.96 bits per heavy atom. The third-order valence-electron chi connectivity index (χ3n) is 4.41. The van der Waals surface area contributed by atoms with E-state index in [1.165, 1.54) is 19.2 Å². The summed E-state index contributed by atoms with van der Waals surface area (Å²) >= 11 is 0. The summed E-state index contributed by atoms with van der Waals surface area (Å²) < 4.78 is 30.8. The van der Waals surface area contributed by atoms with Gasteiger partial charge in [0, 0.05) is 12.1 Å². The molecule has 128 valence electrons. The molecular formula is C18H21NO4S. The van der Waals surface area contributed by atoms with E-state index in [2.05, 4.69) is 5.32 Å². The Balaban J connectivity index is 2.25. The molecule has 6 heteroatoms. The van der Waals surface area contributed by atoms with E-state index < -0.39 is 9.84 Å². The molecule has 2 aromatic carbocycles. The summed E-state index contributed by atoms with van der Waals surface area (Å²) in [6.07, 6.45) is 0.694. The molecule has 0 amide bonds. The lowest BCUT2D eigenvalue weighted by Gasteiger charge is -2.23. The first-order valence-electron chi connectivity index (χ1n) is 7.91. The van der Waals surface area contributed by atoms with E-state index in [1.54, 1.807) is 0 Å². The van der Waals surface area contributed by atoms with Crippen molar-refractivity contribution in [3.05, 3.63) is 53.6 Å². The van der Waals surface area contributed by atoms with Crippen LogP contribution in [-0.2, 0) is 9.84 Å². The van der Waals surface area contributed by atoms with Gasteiger partial charge in [-0.1, -0.05) is 37.3 Å². The van der Waals surface area contributed by atoms with Crippen molar-refractivity contribution in [2.75, 3.05) is 12.9 Å². The van der Waals surface area contributed by atoms with Gasteiger partial charge in [-0.3, -0.25) is 0 Å². The summed E-state index contributed by atoms with van der Waals surface area (Å²) in [5.41, 5.74) is 1.51. The number of rotatable bonds is 3. The number of phenols is 1. The lowest BCUT2D eigenvalue weighted by atomic mass is 9.97. The zero-order valence-electron chi connectivity index (χ0n) is 13.7. The maximum atomic E-state index is 12.8. The Morgan fingerprint density at radius 3 is 2.58 bits per heavy atom. The Bertz CT molecular complexity index is 834. The van der Waals surface area contributed by atoms with Gasteiger partial charge >= 0.3 is 0 Å². The molecule has 0 aromatic heterocycles. The molecule has 1 aliphatic heterocycles. The fourth-order valence-electron chi connectivity index (χ4n) is 3.11. The Morgan fingerprint density at radius 1 is 1.25 bits per heavy atom. The Kier molecular flexibility index (Phi) is 4.51. The Hall–Kier alpha value is -2.05. The predicted molar refractivity (Wildman–Crippen MR) is 92.2 cm³/mol. The minimum atomic E-state index is -3.48. The number of hydrogen-bond acceptors (Lipinski definition) is 5. The lowest BCUT2D eigenvalue weighted by molar-refractivity contribution is 0.371. The second kappa shape index (κ2) is 6.45. The average molecular weight is 347 g/mol. The second-order valence-electron chi connectivity index (χ2n) is 5.96. The van der Waals surface area contributed by atoms with Crippen molar-refractivity contribution in [2.45, 2.75) is 30.3 Å². The topological polar surface area (TPSA) is 75.6 Å². The van der Waals surface area contributed by atoms with Crippen LogP contribution in [0.5, 0.6) is 11.5 Å². The fraction of sp³-hybridized carbons (Fsp3) is 0.333. The molecule has 2 atom stereocenters. The first kappa shape index (κ1) is 16.8. The van der Waals surface area contributed by atoms with E-state index in [0.29, 0.717) is 12.0 Å². The summed E-state index contributed by atoms with van der Waals surface area (Å²) in [6, 6.07) is 12.1. The molecule has 0 aliphatic carbocycles. The van der Waals surface area contributed by atoms with E-state index >= 15 is 0 Å². The lowest BCUT2D eigenvalue weighted by Crippen LogP contribution is -2.35. The highest BCUT2D eigenvalue weighted by Crippen LogP contribution is 2.39. The molecule has 0 saturated heterocycles. The summed E-state index contributed by atoms with van der Waals surface area (Å²) in [5.74, 6) is 0.122. The molecule has 0 saturated carbocycles. The fourth-order valence-corrected chi connectivity index (χ4v) is 4.97. The highest BCUT2D eigenvalue weighted by atomic mass is 32.2. The van der Waals surface area contributed by atoms with E-state index in [1.807, 2.05) is 37.3 Å². The van der Waals surface area contributed by atoms with Crippen LogP contribution in [0.3, 0.4) is 0 Å². The van der Waals surface area contributed by atoms with Crippen LogP contribution in [0.15, 0.2) is 47.4 Å². The molecule has 3 rings (SSSR count). The van der Waals surface area contributed by atoms with Gasteiger partial charge in [-0.2, -0.15) is 0 Å². The van der Waals surface area contributed by atoms with Crippen molar-refractivity contribution < 1.29 is 18.3 Å². The van der Waals surface area contributed by atoms with Crippen molar-refractivity contribution in [1.82, 2.24) is 5.32 Å². The molecule has 2 aromatic rings. The molecule has 1 aliphatic rings. The predicted octanol–water partition coefficient (Wildman–Crippen LogP) is 2.65. The van der Waals surface area contributed by atoms with Crippen LogP contribution in [-0.4, -0.2) is 32.4 Å². The van der Waals surface area contributed by atoms with Gasteiger partial charge in [0.25, 0.3) is 0 Å². The van der Waals surface area contributed by atoms with Crippen LogP contribution < -0.4 is 10.1 Å². The maximum Gasteiger partial charge on any atom is 0.180 e. The third-order valence-corrected chi connectivity index (χ3v) is 6.27. The number of aromatic hydroxyl groups is 1. The summed E-state index contributed by atoms with van der Waals surface area (Å²) in [5, 5.41) is 13.6. The molecule has 5 nitrogen and oxygen atoms in total. The van der Waals surface area contributed by atoms with Gasteiger partial charge in [0.05, 0.1) is 23.8 Å². The van der Waals surface area contributed by atoms with Gasteiger partial charge in [-0.25, -0.2) is 8.42 Å². The first-order chi connectivity index (χ1) is 11.5. The van der Waals surface area contributed by atoms with E-state index in [-0.39, 0.29) is 34.2 Å². The van der Waals surface area contributed by atoms with Gasteiger partial charge in [0.1, 0.15) is 0 Å². The van der Waals surface area contributed by atoms with Gasteiger partial charge in [-0.15, -0.1) is 0 Å². The van der Waals surface area contributed by atoms with Crippen LogP contribution in [0.2, 0.25) is 0 Å². The average Bonchev–Trinajstić information content (AvgIpc) is 2.69. The van der Waals surface area contributed by atoms with Crippen LogP contribution in [0, 0.1) is 0 Å². The number of ether oxygens (including phenoxy) is 1. The molecule has 2 N–H and O–H groups in total. The number of hydrogen-bond donors (Lipinski definition) is 2.